The molecule has 0 saturated carbocycles. The van der Waals surface area contributed by atoms with Crippen LogP contribution >= 0.6 is 11.3 Å². The molecule has 0 fully saturated rings. The number of furan rings is 1. The van der Waals surface area contributed by atoms with Gasteiger partial charge in [-0.3, -0.25) is 4.57 Å². The molecule has 0 aliphatic heterocycles. The molecule has 7 heteroatoms. The van der Waals surface area contributed by atoms with Crippen molar-refractivity contribution in [1.29, 1.82) is 0 Å². The molecule has 0 bridgehead atoms. The van der Waals surface area contributed by atoms with Crippen molar-refractivity contribution in [2.24, 2.45) is 0 Å². The third kappa shape index (κ3) is 2.34. The van der Waals surface area contributed by atoms with E-state index in [1.807, 2.05) is 6.92 Å². The fourth-order valence-electron chi connectivity index (χ4n) is 3.14. The van der Waals surface area contributed by atoms with Crippen molar-refractivity contribution in [3.63, 3.8) is 0 Å². The lowest BCUT2D eigenvalue weighted by Gasteiger charge is -2.08. The van der Waals surface area contributed by atoms with Crippen LogP contribution in [-0.4, -0.2) is 19.2 Å². The van der Waals surface area contributed by atoms with E-state index in [-0.39, 0.29) is 5.69 Å². The molecule has 0 aliphatic carbocycles. The van der Waals surface area contributed by atoms with E-state index in [0.717, 1.165) is 22.2 Å². The summed E-state index contributed by atoms with van der Waals surface area (Å²) in [6.07, 6.45) is 2.44. The number of rotatable bonds is 4. The Bertz CT molecular complexity index is 1160. The molecule has 25 heavy (non-hydrogen) atoms. The molecule has 0 aromatic carbocycles. The minimum Gasteiger partial charge on any atom is -0.461 e. The molecule has 0 N–H and O–H groups in total. The average molecular weight is 354 g/mol. The molecule has 4 heterocycles. The molecule has 4 aromatic heterocycles. The maximum atomic E-state index is 13.0. The summed E-state index contributed by atoms with van der Waals surface area (Å²) in [6, 6.07) is 3.57. The Morgan fingerprint density at radius 3 is 2.88 bits per heavy atom. The van der Waals surface area contributed by atoms with Crippen LogP contribution in [0.4, 0.5) is 0 Å². The van der Waals surface area contributed by atoms with Crippen molar-refractivity contribution in [2.75, 3.05) is 0 Å². The number of nitrogens with zero attached hydrogens (tertiary/aromatic N) is 4. The van der Waals surface area contributed by atoms with E-state index in [1.54, 1.807) is 34.3 Å². The Balaban J connectivity index is 2.16. The molecule has 0 aliphatic rings. The third-order valence-corrected chi connectivity index (χ3v) is 5.37. The van der Waals surface area contributed by atoms with Crippen LogP contribution in [0.25, 0.3) is 27.4 Å². The number of allylic oxidation sites excluding steroid dienone is 1. The van der Waals surface area contributed by atoms with Crippen LogP contribution in [0.1, 0.15) is 24.3 Å². The van der Waals surface area contributed by atoms with Crippen molar-refractivity contribution < 1.29 is 4.42 Å². The Kier molecular flexibility index (Phi) is 3.61. The summed E-state index contributed by atoms with van der Waals surface area (Å²) in [6.45, 7) is 10.5. The maximum absolute atomic E-state index is 13.0. The van der Waals surface area contributed by atoms with Crippen molar-refractivity contribution in [3.05, 3.63) is 51.5 Å². The molecule has 0 unspecified atom stereocenters. The summed E-state index contributed by atoms with van der Waals surface area (Å²) in [5.41, 5.74) is 2.50. The van der Waals surface area contributed by atoms with Crippen LogP contribution in [0.15, 0.2) is 39.8 Å². The van der Waals surface area contributed by atoms with E-state index >= 15 is 0 Å². The minimum absolute atomic E-state index is 0.209. The highest BCUT2D eigenvalue weighted by atomic mass is 32.1. The molecule has 128 valence electrons. The molecule has 6 nitrogen and oxygen atoms in total. The summed E-state index contributed by atoms with van der Waals surface area (Å²) in [7, 11) is 0. The number of hydrogen-bond donors (Lipinski definition) is 0. The van der Waals surface area contributed by atoms with Crippen molar-refractivity contribution in [2.45, 2.75) is 33.7 Å². The number of aromatic nitrogens is 4. The van der Waals surface area contributed by atoms with E-state index in [4.69, 9.17) is 4.42 Å². The van der Waals surface area contributed by atoms with E-state index in [2.05, 4.69) is 30.5 Å². The zero-order valence-electron chi connectivity index (χ0n) is 14.4. The molecule has 0 saturated heterocycles. The first kappa shape index (κ1) is 15.8. The van der Waals surface area contributed by atoms with Gasteiger partial charge in [0.05, 0.1) is 11.6 Å². The smallest absolute Gasteiger partial charge is 0.352 e. The number of aryl methyl sites for hydroxylation is 2. The second-order valence-corrected chi connectivity index (χ2v) is 7.35. The fourth-order valence-corrected chi connectivity index (χ4v) is 4.37. The Hall–Kier alpha value is -2.67. The Morgan fingerprint density at radius 2 is 2.24 bits per heavy atom. The fraction of sp³-hybridized carbons (Fsp3) is 0.278. The first-order valence-corrected chi connectivity index (χ1v) is 8.92. The lowest BCUT2D eigenvalue weighted by Crippen LogP contribution is -2.27. The predicted molar refractivity (Wildman–Crippen MR) is 99.3 cm³/mol. The summed E-state index contributed by atoms with van der Waals surface area (Å²) < 4.78 is 8.52. The van der Waals surface area contributed by atoms with Crippen LogP contribution in [0.3, 0.4) is 0 Å². The third-order valence-electron chi connectivity index (χ3n) is 4.20. The maximum Gasteiger partial charge on any atom is 0.352 e. The molecule has 4 rings (SSSR count). The van der Waals surface area contributed by atoms with Crippen LogP contribution < -0.4 is 5.69 Å². The average Bonchev–Trinajstić information content (AvgIpc) is 3.27. The quantitative estimate of drug-likeness (QED) is 0.523. The zero-order valence-corrected chi connectivity index (χ0v) is 15.2. The van der Waals surface area contributed by atoms with Gasteiger partial charge in [-0.25, -0.2) is 9.78 Å². The second kappa shape index (κ2) is 5.70. The van der Waals surface area contributed by atoms with Gasteiger partial charge in [-0.1, -0.05) is 19.1 Å². The van der Waals surface area contributed by atoms with Gasteiger partial charge in [0.1, 0.15) is 4.83 Å². The van der Waals surface area contributed by atoms with Crippen molar-refractivity contribution >= 4 is 27.2 Å². The first-order chi connectivity index (χ1) is 12.0. The monoisotopic (exact) mass is 354 g/mol. The van der Waals surface area contributed by atoms with E-state index in [0.29, 0.717) is 23.8 Å². The van der Waals surface area contributed by atoms with Gasteiger partial charge in [-0.05, 0) is 38.0 Å². The van der Waals surface area contributed by atoms with E-state index < -0.39 is 0 Å². The highest BCUT2D eigenvalue weighted by Gasteiger charge is 2.21. The first-order valence-electron chi connectivity index (χ1n) is 8.11. The van der Waals surface area contributed by atoms with Gasteiger partial charge >= 0.3 is 5.69 Å². The van der Waals surface area contributed by atoms with Gasteiger partial charge in [0, 0.05) is 11.4 Å². The standard InChI is InChI=1S/C18H18N4O2S/c1-5-12-11(4)25-17-14(12)16-19-15(13-7-6-8-24-13)20-22(16)18(23)21(17)9-10(2)3/h6-8H,2,5,9H2,1,3-4H3. The summed E-state index contributed by atoms with van der Waals surface area (Å²) in [5.74, 6) is 0.968. The van der Waals surface area contributed by atoms with Gasteiger partial charge < -0.3 is 4.42 Å². The Morgan fingerprint density at radius 1 is 1.44 bits per heavy atom. The van der Waals surface area contributed by atoms with Gasteiger partial charge in [-0.2, -0.15) is 4.52 Å². The lowest BCUT2D eigenvalue weighted by atomic mass is 10.1. The summed E-state index contributed by atoms with van der Waals surface area (Å²) in [4.78, 5) is 19.8. The molecule has 0 radical (unpaired) electrons. The lowest BCUT2D eigenvalue weighted by molar-refractivity contribution is 0.576. The predicted octanol–water partition coefficient (Wildman–Crippen LogP) is 3.81. The molecule has 0 amide bonds. The highest BCUT2D eigenvalue weighted by molar-refractivity contribution is 7.19. The van der Waals surface area contributed by atoms with E-state index in [1.165, 1.54) is 15.0 Å². The second-order valence-electron chi connectivity index (χ2n) is 6.14. The number of fused-ring (bicyclic) bond motifs is 3. The van der Waals surface area contributed by atoms with Crippen LogP contribution in [0.2, 0.25) is 0 Å². The normalized spacial score (nSPS) is 11.6. The molecule has 4 aromatic rings. The largest absolute Gasteiger partial charge is 0.461 e. The molecule has 0 atom stereocenters. The highest BCUT2D eigenvalue weighted by Crippen LogP contribution is 2.33. The zero-order chi connectivity index (χ0) is 17.7. The van der Waals surface area contributed by atoms with Gasteiger partial charge in [0.25, 0.3) is 0 Å². The SMILES string of the molecule is C=C(C)Cn1c(=O)n2nc(-c3ccco3)nc2c2c(CC)c(C)sc21. The van der Waals surface area contributed by atoms with Gasteiger partial charge in [-0.15, -0.1) is 16.4 Å². The van der Waals surface area contributed by atoms with Gasteiger partial charge in [0.2, 0.25) is 5.82 Å². The van der Waals surface area contributed by atoms with Crippen LogP contribution in [0, 0.1) is 6.92 Å². The minimum atomic E-state index is -0.209. The van der Waals surface area contributed by atoms with Gasteiger partial charge in [0.15, 0.2) is 11.4 Å². The topological polar surface area (TPSA) is 65.3 Å². The van der Waals surface area contributed by atoms with Crippen LogP contribution in [0.5, 0.6) is 0 Å². The van der Waals surface area contributed by atoms with Crippen LogP contribution in [-0.2, 0) is 13.0 Å². The summed E-state index contributed by atoms with van der Waals surface area (Å²) in [5, 5.41) is 5.41. The molecular weight excluding hydrogens is 336 g/mol. The molecule has 0 spiro atoms. The van der Waals surface area contributed by atoms with Crippen molar-refractivity contribution in [3.8, 4) is 11.6 Å². The van der Waals surface area contributed by atoms with Crippen molar-refractivity contribution in [1.82, 2.24) is 19.2 Å². The number of thiophene rings is 1. The van der Waals surface area contributed by atoms with E-state index in [9.17, 15) is 4.79 Å². The number of hydrogen-bond acceptors (Lipinski definition) is 5. The summed E-state index contributed by atoms with van der Waals surface area (Å²) >= 11 is 1.62. The Labute approximate surface area is 148 Å². The molecular formula is C18H18N4O2S.